The molecule has 0 spiro atoms. The monoisotopic (exact) mass is 568 g/mol. The summed E-state index contributed by atoms with van der Waals surface area (Å²) in [5.41, 5.74) is 2.14. The number of carbonyl (C=O) groups is 3. The van der Waals surface area contributed by atoms with Crippen LogP contribution in [0.15, 0.2) is 22.9 Å². The van der Waals surface area contributed by atoms with Crippen LogP contribution in [0.25, 0.3) is 0 Å². The summed E-state index contributed by atoms with van der Waals surface area (Å²) in [5.74, 6) is -0.645. The van der Waals surface area contributed by atoms with Crippen molar-refractivity contribution in [3.05, 3.63) is 49.9 Å². The van der Waals surface area contributed by atoms with Crippen molar-refractivity contribution in [1.82, 2.24) is 20.1 Å². The molecule has 0 aliphatic carbocycles. The molecule has 0 unspecified atom stereocenters. The average Bonchev–Trinajstić information content (AvgIpc) is 3.38. The van der Waals surface area contributed by atoms with Gasteiger partial charge in [0, 0.05) is 44.7 Å². The number of rotatable bonds is 11. The highest BCUT2D eigenvalue weighted by molar-refractivity contribution is 7.07. The summed E-state index contributed by atoms with van der Waals surface area (Å²) >= 11 is 13.6. The molecule has 1 atom stereocenters. The lowest BCUT2D eigenvalue weighted by molar-refractivity contribution is -0.144. The Bertz CT molecular complexity index is 1050. The van der Waals surface area contributed by atoms with Crippen molar-refractivity contribution in [2.45, 2.75) is 64.6 Å². The Morgan fingerprint density at radius 3 is 2.62 bits per heavy atom. The topological polar surface area (TPSA) is 91.8 Å². The van der Waals surface area contributed by atoms with Crippen molar-refractivity contribution in [2.75, 3.05) is 26.7 Å². The van der Waals surface area contributed by atoms with Crippen LogP contribution in [0.1, 0.15) is 60.5 Å². The highest BCUT2D eigenvalue weighted by Crippen LogP contribution is 2.24. The van der Waals surface area contributed by atoms with E-state index >= 15 is 0 Å². The number of halogens is 2. The maximum absolute atomic E-state index is 13.0. The number of ether oxygens (including phenoxy) is 1. The SMILES string of the molecule is COC(=O)CCC(=O)N(Cc1ccsc1)C1CCN([C@H](C)CCNC(=O)c2c(C)cc(Cl)nc2Cl)CC1. The van der Waals surface area contributed by atoms with Crippen LogP contribution in [0, 0.1) is 6.92 Å². The first kappa shape index (κ1) is 29.4. The molecule has 202 valence electrons. The van der Waals surface area contributed by atoms with E-state index < -0.39 is 0 Å². The number of hydrogen-bond donors (Lipinski definition) is 1. The van der Waals surface area contributed by atoms with Crippen molar-refractivity contribution in [1.29, 1.82) is 0 Å². The van der Waals surface area contributed by atoms with E-state index in [0.29, 0.717) is 24.2 Å². The van der Waals surface area contributed by atoms with E-state index in [2.05, 4.69) is 27.5 Å². The molecule has 1 aliphatic heterocycles. The van der Waals surface area contributed by atoms with Crippen LogP contribution in [-0.2, 0) is 20.9 Å². The molecule has 1 N–H and O–H groups in total. The molecule has 0 aromatic carbocycles. The summed E-state index contributed by atoms with van der Waals surface area (Å²) in [5, 5.41) is 7.37. The molecule has 3 heterocycles. The highest BCUT2D eigenvalue weighted by atomic mass is 35.5. The number of piperidine rings is 1. The van der Waals surface area contributed by atoms with Gasteiger partial charge in [0.15, 0.2) is 0 Å². The number of pyridine rings is 1. The predicted molar refractivity (Wildman–Crippen MR) is 146 cm³/mol. The number of carbonyl (C=O) groups excluding carboxylic acids is 3. The van der Waals surface area contributed by atoms with Crippen molar-refractivity contribution < 1.29 is 19.1 Å². The molecule has 1 aliphatic rings. The molecule has 11 heteroatoms. The molecule has 3 rings (SSSR count). The third kappa shape index (κ3) is 8.40. The number of aryl methyl sites for hydroxylation is 1. The Balaban J connectivity index is 1.50. The first-order valence-electron chi connectivity index (χ1n) is 12.4. The number of nitrogens with zero attached hydrogens (tertiary/aromatic N) is 3. The fraction of sp³-hybridized carbons (Fsp3) is 0.538. The smallest absolute Gasteiger partial charge is 0.306 e. The molecule has 8 nitrogen and oxygen atoms in total. The summed E-state index contributed by atoms with van der Waals surface area (Å²) in [7, 11) is 1.34. The van der Waals surface area contributed by atoms with Crippen LogP contribution in [0.2, 0.25) is 10.3 Å². The zero-order valence-electron chi connectivity index (χ0n) is 21.5. The Hall–Kier alpha value is -2.20. The van der Waals surface area contributed by atoms with Gasteiger partial charge in [-0.25, -0.2) is 4.98 Å². The minimum atomic E-state index is -0.371. The number of aromatic nitrogens is 1. The molecule has 2 aromatic heterocycles. The lowest BCUT2D eigenvalue weighted by Crippen LogP contribution is -2.49. The molecule has 0 bridgehead atoms. The third-order valence-electron chi connectivity index (χ3n) is 6.80. The Labute approximate surface area is 232 Å². The van der Waals surface area contributed by atoms with Crippen molar-refractivity contribution >= 4 is 52.3 Å². The summed E-state index contributed by atoms with van der Waals surface area (Å²) in [6.45, 7) is 6.71. The summed E-state index contributed by atoms with van der Waals surface area (Å²) in [6.07, 6.45) is 2.74. The number of methoxy groups -OCH3 is 1. The number of amides is 2. The van der Waals surface area contributed by atoms with Gasteiger partial charge in [-0.15, -0.1) is 0 Å². The third-order valence-corrected chi connectivity index (χ3v) is 8.00. The van der Waals surface area contributed by atoms with Gasteiger partial charge in [0.25, 0.3) is 5.91 Å². The molecular formula is C26H34Cl2N4O4S. The Morgan fingerprint density at radius 2 is 2.00 bits per heavy atom. The second-order valence-electron chi connectivity index (χ2n) is 9.32. The van der Waals surface area contributed by atoms with Gasteiger partial charge in [0.1, 0.15) is 10.3 Å². The Kier molecular flexibility index (Phi) is 11.2. The Morgan fingerprint density at radius 1 is 1.27 bits per heavy atom. The van der Waals surface area contributed by atoms with Gasteiger partial charge in [-0.2, -0.15) is 11.3 Å². The van der Waals surface area contributed by atoms with Crippen LogP contribution < -0.4 is 5.32 Å². The molecule has 0 saturated carbocycles. The second-order valence-corrected chi connectivity index (χ2v) is 10.8. The van der Waals surface area contributed by atoms with Gasteiger partial charge in [-0.3, -0.25) is 14.4 Å². The van der Waals surface area contributed by atoms with E-state index in [9.17, 15) is 14.4 Å². The first-order chi connectivity index (χ1) is 17.7. The van der Waals surface area contributed by atoms with Gasteiger partial charge < -0.3 is 19.9 Å². The fourth-order valence-corrected chi connectivity index (χ4v) is 5.90. The van der Waals surface area contributed by atoms with E-state index in [1.54, 1.807) is 24.3 Å². The molecule has 0 radical (unpaired) electrons. The fourth-order valence-electron chi connectivity index (χ4n) is 4.63. The zero-order chi connectivity index (χ0) is 26.9. The minimum Gasteiger partial charge on any atom is -0.469 e. The largest absolute Gasteiger partial charge is 0.469 e. The van der Waals surface area contributed by atoms with E-state index in [0.717, 1.165) is 37.9 Å². The van der Waals surface area contributed by atoms with Crippen LogP contribution in [0.4, 0.5) is 0 Å². The van der Waals surface area contributed by atoms with Gasteiger partial charge in [0.2, 0.25) is 5.91 Å². The zero-order valence-corrected chi connectivity index (χ0v) is 23.8. The number of likely N-dealkylation sites (tertiary alicyclic amines) is 1. The van der Waals surface area contributed by atoms with Gasteiger partial charge >= 0.3 is 5.97 Å². The minimum absolute atomic E-state index is 0.0172. The molecule has 2 amide bonds. The van der Waals surface area contributed by atoms with Gasteiger partial charge in [-0.05, 0) is 67.1 Å². The lowest BCUT2D eigenvalue weighted by Gasteiger charge is -2.41. The van der Waals surface area contributed by atoms with Crippen LogP contribution in [0.3, 0.4) is 0 Å². The quantitative estimate of drug-likeness (QED) is 0.311. The maximum Gasteiger partial charge on any atom is 0.306 e. The van der Waals surface area contributed by atoms with Gasteiger partial charge in [0.05, 0.1) is 19.1 Å². The molecule has 1 fully saturated rings. The van der Waals surface area contributed by atoms with Crippen LogP contribution in [0.5, 0.6) is 0 Å². The van der Waals surface area contributed by atoms with Crippen LogP contribution >= 0.6 is 34.5 Å². The summed E-state index contributed by atoms with van der Waals surface area (Å²) in [4.78, 5) is 45.5. The molecule has 1 saturated heterocycles. The van der Waals surface area contributed by atoms with Crippen molar-refractivity contribution in [3.8, 4) is 0 Å². The summed E-state index contributed by atoms with van der Waals surface area (Å²) < 4.78 is 4.70. The first-order valence-corrected chi connectivity index (χ1v) is 14.1. The predicted octanol–water partition coefficient (Wildman–Crippen LogP) is 4.71. The highest BCUT2D eigenvalue weighted by Gasteiger charge is 2.30. The van der Waals surface area contributed by atoms with E-state index in [-0.39, 0.29) is 53.0 Å². The number of nitrogens with one attached hydrogen (secondary N) is 1. The van der Waals surface area contributed by atoms with Crippen LogP contribution in [-0.4, -0.2) is 71.4 Å². The standard InChI is InChI=1S/C26H34Cl2N4O4S/c1-17-14-21(27)30-25(28)24(17)26(35)29-10-6-18(2)31-11-7-20(8-12-31)32(15-19-9-13-37-16-19)22(33)4-5-23(34)36-3/h9,13-14,16,18,20H,4-8,10-12,15H2,1-3H3,(H,29,35)/t18-/m1/s1. The molecule has 37 heavy (non-hydrogen) atoms. The number of esters is 1. The molecular weight excluding hydrogens is 535 g/mol. The average molecular weight is 570 g/mol. The summed E-state index contributed by atoms with van der Waals surface area (Å²) in [6, 6.07) is 4.04. The van der Waals surface area contributed by atoms with E-state index in [1.165, 1.54) is 7.11 Å². The van der Waals surface area contributed by atoms with E-state index in [1.807, 2.05) is 16.3 Å². The maximum atomic E-state index is 13.0. The normalized spacial score (nSPS) is 15.3. The van der Waals surface area contributed by atoms with Crippen molar-refractivity contribution in [3.63, 3.8) is 0 Å². The number of thiophene rings is 1. The van der Waals surface area contributed by atoms with Crippen molar-refractivity contribution in [2.24, 2.45) is 0 Å². The lowest BCUT2D eigenvalue weighted by atomic mass is 9.99. The van der Waals surface area contributed by atoms with E-state index in [4.69, 9.17) is 27.9 Å². The van der Waals surface area contributed by atoms with Gasteiger partial charge in [-0.1, -0.05) is 23.2 Å². The number of hydrogen-bond acceptors (Lipinski definition) is 7. The molecule has 2 aromatic rings. The second kappa shape index (κ2) is 14.1.